The summed E-state index contributed by atoms with van der Waals surface area (Å²) in [5, 5.41) is 4.58. The quantitative estimate of drug-likeness (QED) is 0.577. The minimum Gasteiger partial charge on any atom is -0.357 e. The number of nitrogens with one attached hydrogen (secondary N) is 1. The van der Waals surface area contributed by atoms with Crippen molar-refractivity contribution in [1.82, 2.24) is 9.88 Å². The Morgan fingerprint density at radius 2 is 2.10 bits per heavy atom. The molecule has 0 radical (unpaired) electrons. The summed E-state index contributed by atoms with van der Waals surface area (Å²) < 4.78 is 40.8. The molecule has 29 heavy (non-hydrogen) atoms. The van der Waals surface area contributed by atoms with Gasteiger partial charge in [-0.2, -0.15) is 13.2 Å². The van der Waals surface area contributed by atoms with Crippen molar-refractivity contribution in [2.45, 2.75) is 25.6 Å². The van der Waals surface area contributed by atoms with Gasteiger partial charge >= 0.3 is 6.18 Å². The second-order valence-electron chi connectivity index (χ2n) is 7.04. The number of carbonyl (C=O) groups excluding carboxylic acids is 1. The second kappa shape index (κ2) is 7.50. The highest BCUT2D eigenvalue weighted by atomic mass is 35.5. The highest BCUT2D eigenvalue weighted by molar-refractivity contribution is 7.22. The van der Waals surface area contributed by atoms with Crippen LogP contribution in [0.15, 0.2) is 36.4 Å². The maximum atomic E-state index is 13.3. The van der Waals surface area contributed by atoms with Crippen LogP contribution in [0.4, 0.5) is 18.3 Å². The predicted molar refractivity (Wildman–Crippen MR) is 109 cm³/mol. The zero-order valence-corrected chi connectivity index (χ0v) is 17.0. The molecule has 4 rings (SSSR count). The van der Waals surface area contributed by atoms with Crippen LogP contribution in [0.5, 0.6) is 0 Å². The zero-order chi connectivity index (χ0) is 20.8. The fourth-order valence-corrected chi connectivity index (χ4v) is 4.70. The molecular formula is C20H17ClF3N3OS. The molecule has 0 saturated carbocycles. The number of alkyl halides is 3. The fourth-order valence-electron chi connectivity index (χ4n) is 3.47. The number of thiazole rings is 1. The standard InChI is InChI=1S/C20H17ClF3N3OS/c1-11-5-6-14(20(22,23)24)13(9-11)18(28)27-8-7-12(10-27)25-19-26-16-4-2-3-15(21)17(16)29-19/h2-6,9,12H,7-8,10H2,1H3,(H,25,26)/t12-/m1/s1. The lowest BCUT2D eigenvalue weighted by molar-refractivity contribution is -0.138. The molecule has 1 aliphatic rings. The third kappa shape index (κ3) is 4.04. The van der Waals surface area contributed by atoms with Gasteiger partial charge < -0.3 is 10.2 Å². The summed E-state index contributed by atoms with van der Waals surface area (Å²) in [6.45, 7) is 2.37. The highest BCUT2D eigenvalue weighted by Crippen LogP contribution is 2.35. The number of benzene rings is 2. The Balaban J connectivity index is 1.50. The Kier molecular flexibility index (Phi) is 5.16. The third-order valence-electron chi connectivity index (χ3n) is 4.88. The summed E-state index contributed by atoms with van der Waals surface area (Å²) >= 11 is 7.60. The van der Waals surface area contributed by atoms with Crippen molar-refractivity contribution >= 4 is 44.2 Å². The van der Waals surface area contributed by atoms with E-state index in [1.807, 2.05) is 12.1 Å². The second-order valence-corrected chi connectivity index (χ2v) is 8.44. The average Bonchev–Trinajstić information content (AvgIpc) is 3.28. The predicted octanol–water partition coefficient (Wildman–Crippen LogP) is 5.60. The summed E-state index contributed by atoms with van der Waals surface area (Å²) in [6.07, 6.45) is -3.95. The zero-order valence-electron chi connectivity index (χ0n) is 15.4. The molecule has 2 heterocycles. The number of carbonyl (C=O) groups is 1. The van der Waals surface area contributed by atoms with E-state index in [9.17, 15) is 18.0 Å². The summed E-state index contributed by atoms with van der Waals surface area (Å²) in [7, 11) is 0. The number of likely N-dealkylation sites (tertiary alicyclic amines) is 1. The van der Waals surface area contributed by atoms with Gasteiger partial charge in [0.1, 0.15) is 0 Å². The monoisotopic (exact) mass is 439 g/mol. The number of nitrogens with zero attached hydrogens (tertiary/aromatic N) is 2. The van der Waals surface area contributed by atoms with Gasteiger partial charge in [-0.3, -0.25) is 4.79 Å². The van der Waals surface area contributed by atoms with Gasteiger partial charge in [-0.15, -0.1) is 0 Å². The van der Waals surface area contributed by atoms with Crippen molar-refractivity contribution in [1.29, 1.82) is 0 Å². The van der Waals surface area contributed by atoms with Crippen molar-refractivity contribution < 1.29 is 18.0 Å². The number of hydrogen-bond acceptors (Lipinski definition) is 4. The molecular weight excluding hydrogens is 423 g/mol. The first-order chi connectivity index (χ1) is 13.7. The van der Waals surface area contributed by atoms with Crippen molar-refractivity contribution in [2.24, 2.45) is 0 Å². The van der Waals surface area contributed by atoms with Crippen LogP contribution in [-0.2, 0) is 6.18 Å². The number of anilines is 1. The van der Waals surface area contributed by atoms with Gasteiger partial charge in [0.05, 0.1) is 26.4 Å². The van der Waals surface area contributed by atoms with E-state index in [0.29, 0.717) is 35.2 Å². The van der Waals surface area contributed by atoms with Crippen molar-refractivity contribution in [3.05, 3.63) is 58.1 Å². The van der Waals surface area contributed by atoms with Gasteiger partial charge in [-0.1, -0.05) is 40.6 Å². The lowest BCUT2D eigenvalue weighted by atomic mass is 10.0. The summed E-state index contributed by atoms with van der Waals surface area (Å²) in [4.78, 5) is 18.8. The van der Waals surface area contributed by atoms with Crippen LogP contribution in [0.25, 0.3) is 10.2 Å². The lowest BCUT2D eigenvalue weighted by Gasteiger charge is -2.20. The smallest absolute Gasteiger partial charge is 0.357 e. The Bertz CT molecular complexity index is 1080. The number of hydrogen-bond donors (Lipinski definition) is 1. The van der Waals surface area contributed by atoms with Crippen LogP contribution in [-0.4, -0.2) is 34.9 Å². The molecule has 0 bridgehead atoms. The molecule has 1 fully saturated rings. The molecule has 1 atom stereocenters. The molecule has 0 aliphatic carbocycles. The van der Waals surface area contributed by atoms with Crippen LogP contribution in [0.1, 0.15) is 27.9 Å². The van der Waals surface area contributed by atoms with Crippen molar-refractivity contribution in [2.75, 3.05) is 18.4 Å². The number of rotatable bonds is 3. The molecule has 1 N–H and O–H groups in total. The molecule has 152 valence electrons. The van der Waals surface area contributed by atoms with E-state index in [0.717, 1.165) is 16.3 Å². The highest BCUT2D eigenvalue weighted by Gasteiger charge is 2.37. The van der Waals surface area contributed by atoms with E-state index in [-0.39, 0.29) is 11.6 Å². The van der Waals surface area contributed by atoms with Crippen LogP contribution in [0, 0.1) is 6.92 Å². The first-order valence-corrected chi connectivity index (χ1v) is 10.2. The van der Waals surface area contributed by atoms with Crippen molar-refractivity contribution in [3.63, 3.8) is 0 Å². The largest absolute Gasteiger partial charge is 0.417 e. The molecule has 2 aromatic carbocycles. The molecule has 4 nitrogen and oxygen atoms in total. The maximum Gasteiger partial charge on any atom is 0.417 e. The van der Waals surface area contributed by atoms with Gasteiger partial charge in [-0.25, -0.2) is 4.98 Å². The number of aryl methyl sites for hydroxylation is 1. The molecule has 1 aliphatic heterocycles. The van der Waals surface area contributed by atoms with Crippen molar-refractivity contribution in [3.8, 4) is 0 Å². The van der Waals surface area contributed by atoms with Gasteiger partial charge in [0.2, 0.25) is 0 Å². The van der Waals surface area contributed by atoms with Gasteiger partial charge in [0, 0.05) is 19.1 Å². The van der Waals surface area contributed by atoms with E-state index in [2.05, 4.69) is 10.3 Å². The average molecular weight is 440 g/mol. The van der Waals surface area contributed by atoms with Gasteiger partial charge in [0.15, 0.2) is 5.13 Å². The van der Waals surface area contributed by atoms with Crippen LogP contribution in [0.3, 0.4) is 0 Å². The van der Waals surface area contributed by atoms with E-state index in [1.54, 1.807) is 13.0 Å². The molecule has 1 amide bonds. The molecule has 1 aromatic heterocycles. The van der Waals surface area contributed by atoms with E-state index in [4.69, 9.17) is 11.6 Å². The first kappa shape index (κ1) is 20.0. The van der Waals surface area contributed by atoms with E-state index >= 15 is 0 Å². The molecule has 3 aromatic rings. The summed E-state index contributed by atoms with van der Waals surface area (Å²) in [5.74, 6) is -0.599. The number of aromatic nitrogens is 1. The Hall–Kier alpha value is -2.32. The van der Waals surface area contributed by atoms with E-state index < -0.39 is 17.6 Å². The lowest BCUT2D eigenvalue weighted by Crippen LogP contribution is -2.33. The topological polar surface area (TPSA) is 45.2 Å². The summed E-state index contributed by atoms with van der Waals surface area (Å²) in [5.41, 5.74) is 0.197. The normalized spacial score (nSPS) is 17.1. The van der Waals surface area contributed by atoms with Crippen LogP contribution >= 0.6 is 22.9 Å². The molecule has 0 spiro atoms. The van der Waals surface area contributed by atoms with E-state index in [1.165, 1.54) is 28.4 Å². The number of amides is 1. The van der Waals surface area contributed by atoms with Gasteiger partial charge in [-0.05, 0) is 37.6 Å². The van der Waals surface area contributed by atoms with Crippen LogP contribution in [0.2, 0.25) is 5.02 Å². The minimum atomic E-state index is -4.57. The molecule has 9 heteroatoms. The SMILES string of the molecule is Cc1ccc(C(F)(F)F)c(C(=O)N2CC[C@@H](Nc3nc4cccc(Cl)c4s3)C2)c1. The Morgan fingerprint density at radius 3 is 2.83 bits per heavy atom. The van der Waals surface area contributed by atoms with Crippen LogP contribution < -0.4 is 5.32 Å². The van der Waals surface area contributed by atoms with Gasteiger partial charge in [0.25, 0.3) is 5.91 Å². The molecule has 0 unspecified atom stereocenters. The maximum absolute atomic E-state index is 13.3. The Morgan fingerprint density at radius 1 is 1.31 bits per heavy atom. The first-order valence-electron chi connectivity index (χ1n) is 9.01. The molecule has 1 saturated heterocycles. The Labute approximate surface area is 174 Å². The summed E-state index contributed by atoms with van der Waals surface area (Å²) in [6, 6.07) is 9.04. The number of fused-ring (bicyclic) bond motifs is 1. The third-order valence-corrected chi connectivity index (χ3v) is 6.34. The minimum absolute atomic E-state index is 0.0857. The number of halogens is 4. The fraction of sp³-hybridized carbons (Fsp3) is 0.300.